The molecule has 1 aliphatic rings. The van der Waals surface area contributed by atoms with Crippen molar-refractivity contribution in [2.45, 2.75) is 25.9 Å². The van der Waals surface area contributed by atoms with E-state index in [9.17, 15) is 9.90 Å². The summed E-state index contributed by atoms with van der Waals surface area (Å²) in [6.07, 6.45) is 2.63. The van der Waals surface area contributed by atoms with Crippen LogP contribution in [0.5, 0.6) is 0 Å². The molecule has 122 valence electrons. The van der Waals surface area contributed by atoms with Crippen molar-refractivity contribution in [3.05, 3.63) is 83.2 Å². The highest BCUT2D eigenvalue weighted by Gasteiger charge is 2.24. The van der Waals surface area contributed by atoms with Crippen LogP contribution in [0.2, 0.25) is 0 Å². The van der Waals surface area contributed by atoms with E-state index in [0.717, 1.165) is 23.2 Å². The van der Waals surface area contributed by atoms with E-state index < -0.39 is 6.10 Å². The van der Waals surface area contributed by atoms with Gasteiger partial charge in [-0.25, -0.2) is 0 Å². The van der Waals surface area contributed by atoms with Gasteiger partial charge in [0.2, 0.25) is 0 Å². The second kappa shape index (κ2) is 7.23. The summed E-state index contributed by atoms with van der Waals surface area (Å²) in [6.45, 7) is 1.96. The Kier molecular flexibility index (Phi) is 4.87. The van der Waals surface area contributed by atoms with Gasteiger partial charge >= 0.3 is 0 Å². The number of rotatable bonds is 2. The van der Waals surface area contributed by atoms with E-state index in [1.54, 1.807) is 18.3 Å². The molecule has 4 nitrogen and oxygen atoms in total. The van der Waals surface area contributed by atoms with Crippen LogP contribution in [0.3, 0.4) is 0 Å². The highest BCUT2D eigenvalue weighted by molar-refractivity contribution is 6.04. The van der Waals surface area contributed by atoms with Gasteiger partial charge in [-0.2, -0.15) is 0 Å². The molecule has 1 amide bonds. The maximum Gasteiger partial charge on any atom is 0.255 e. The summed E-state index contributed by atoms with van der Waals surface area (Å²) in [4.78, 5) is 16.9. The Morgan fingerprint density at radius 2 is 1.75 bits per heavy atom. The number of nitrogens with one attached hydrogen (secondary N) is 1. The van der Waals surface area contributed by atoms with Gasteiger partial charge in [0.25, 0.3) is 5.91 Å². The van der Waals surface area contributed by atoms with Crippen LogP contribution in [-0.4, -0.2) is 16.0 Å². The van der Waals surface area contributed by atoms with Crippen LogP contribution in [0.4, 0.5) is 5.69 Å². The molecule has 1 heterocycles. The molecule has 0 radical (unpaired) electrons. The summed E-state index contributed by atoms with van der Waals surface area (Å²) in [5.74, 6) is -0.183. The summed E-state index contributed by atoms with van der Waals surface area (Å²) in [7, 11) is 0. The number of anilines is 1. The number of aliphatic hydroxyl groups excluding tert-OH is 1. The highest BCUT2D eigenvalue weighted by Crippen LogP contribution is 2.34. The number of nitrogens with zero attached hydrogens (tertiary/aromatic N) is 1. The maximum atomic E-state index is 12.6. The van der Waals surface area contributed by atoms with Crippen LogP contribution in [0.1, 0.15) is 39.7 Å². The van der Waals surface area contributed by atoms with Gasteiger partial charge in [0.1, 0.15) is 0 Å². The van der Waals surface area contributed by atoms with Crippen LogP contribution >= 0.6 is 0 Å². The summed E-state index contributed by atoms with van der Waals surface area (Å²) in [5, 5.41) is 12.8. The molecule has 0 fully saturated rings. The average molecular weight is 320 g/mol. The zero-order chi connectivity index (χ0) is 16.9. The zero-order valence-electron chi connectivity index (χ0n) is 13.6. The third-order valence-electron chi connectivity index (χ3n) is 4.21. The number of aromatic nitrogens is 1. The Hall–Kier alpha value is -2.72. The van der Waals surface area contributed by atoms with Crippen molar-refractivity contribution in [1.82, 2.24) is 4.98 Å². The summed E-state index contributed by atoms with van der Waals surface area (Å²) >= 11 is 0. The SMILES string of the molecule is Cc1c(NC(=O)c2ccccccccc2)cnc2c1CCC2O. The number of pyridine rings is 1. The molecule has 2 aromatic rings. The lowest BCUT2D eigenvalue weighted by atomic mass is 10.1. The molecule has 0 saturated carbocycles. The molecule has 1 aromatic carbocycles. The Balaban J connectivity index is 1.89. The van der Waals surface area contributed by atoms with Gasteiger partial charge in [-0.15, -0.1) is 0 Å². The van der Waals surface area contributed by atoms with Gasteiger partial charge in [-0.1, -0.05) is 42.5 Å². The number of amides is 1. The fourth-order valence-corrected chi connectivity index (χ4v) is 2.85. The minimum Gasteiger partial charge on any atom is -0.387 e. The van der Waals surface area contributed by atoms with E-state index in [1.165, 1.54) is 0 Å². The first-order valence-corrected chi connectivity index (χ1v) is 8.03. The number of hydrogen-bond donors (Lipinski definition) is 2. The average Bonchev–Trinajstić information content (AvgIpc) is 2.97. The molecule has 1 aromatic heterocycles. The Bertz CT molecular complexity index is 791. The number of carbonyl (C=O) groups excluding carboxylic acids is 1. The first-order chi connectivity index (χ1) is 11.7. The van der Waals surface area contributed by atoms with Crippen LogP contribution in [0.25, 0.3) is 0 Å². The predicted molar refractivity (Wildman–Crippen MR) is 94.3 cm³/mol. The minimum atomic E-state index is -0.489. The number of aliphatic hydroxyl groups is 1. The molecule has 24 heavy (non-hydrogen) atoms. The molecule has 3 rings (SSSR count). The topological polar surface area (TPSA) is 62.2 Å². The predicted octanol–water partition coefficient (Wildman–Crippen LogP) is 3.75. The number of hydrogen-bond acceptors (Lipinski definition) is 3. The van der Waals surface area contributed by atoms with Crippen LogP contribution in [0, 0.1) is 6.92 Å². The minimum absolute atomic E-state index is 0.183. The lowest BCUT2D eigenvalue weighted by molar-refractivity contribution is 0.102. The lowest BCUT2D eigenvalue weighted by Crippen LogP contribution is -2.13. The maximum absolute atomic E-state index is 12.6. The summed E-state index contributed by atoms with van der Waals surface area (Å²) in [6, 6.07) is 16.7. The molecule has 2 N–H and O–H groups in total. The van der Waals surface area contributed by atoms with Crippen molar-refractivity contribution in [2.75, 3.05) is 5.32 Å². The van der Waals surface area contributed by atoms with E-state index in [1.807, 2.05) is 49.4 Å². The molecule has 4 heteroatoms. The van der Waals surface area contributed by atoms with Gasteiger partial charge < -0.3 is 10.4 Å². The van der Waals surface area contributed by atoms with Crippen molar-refractivity contribution >= 4 is 11.6 Å². The van der Waals surface area contributed by atoms with Crippen molar-refractivity contribution in [3.63, 3.8) is 0 Å². The molecule has 0 spiro atoms. The summed E-state index contributed by atoms with van der Waals surface area (Å²) < 4.78 is 0. The smallest absolute Gasteiger partial charge is 0.255 e. The molecule has 0 bridgehead atoms. The van der Waals surface area contributed by atoms with Gasteiger partial charge in [0.05, 0.1) is 23.7 Å². The quantitative estimate of drug-likeness (QED) is 0.886. The second-order valence-electron chi connectivity index (χ2n) is 5.81. The third-order valence-corrected chi connectivity index (χ3v) is 4.21. The molecular formula is C20H20N2O2. The molecule has 1 aliphatic carbocycles. The summed E-state index contributed by atoms with van der Waals surface area (Å²) in [5.41, 5.74) is 4.02. The van der Waals surface area contributed by atoms with Gasteiger partial charge in [0.15, 0.2) is 0 Å². The Morgan fingerprint density at radius 3 is 2.42 bits per heavy atom. The third kappa shape index (κ3) is 3.44. The Labute approximate surface area is 141 Å². The van der Waals surface area contributed by atoms with E-state index in [0.29, 0.717) is 17.7 Å². The number of carbonyl (C=O) groups is 1. The molecule has 0 aliphatic heterocycles. The highest BCUT2D eigenvalue weighted by atomic mass is 16.3. The largest absolute Gasteiger partial charge is 0.387 e. The van der Waals surface area contributed by atoms with Crippen molar-refractivity contribution in [2.24, 2.45) is 0 Å². The molecule has 1 atom stereocenters. The Morgan fingerprint density at radius 1 is 1.12 bits per heavy atom. The van der Waals surface area contributed by atoms with Crippen molar-refractivity contribution in [1.29, 1.82) is 0 Å². The normalized spacial score (nSPS) is 15.3. The zero-order valence-corrected chi connectivity index (χ0v) is 13.6. The van der Waals surface area contributed by atoms with Gasteiger partial charge in [-0.3, -0.25) is 9.78 Å². The van der Waals surface area contributed by atoms with Crippen LogP contribution in [-0.2, 0) is 6.42 Å². The lowest BCUT2D eigenvalue weighted by Gasteiger charge is -2.12. The van der Waals surface area contributed by atoms with Gasteiger partial charge in [0, 0.05) is 5.56 Å². The van der Waals surface area contributed by atoms with Gasteiger partial charge in [-0.05, 0) is 43.0 Å². The molecule has 0 saturated heterocycles. The monoisotopic (exact) mass is 320 g/mol. The van der Waals surface area contributed by atoms with Crippen molar-refractivity contribution in [3.8, 4) is 0 Å². The standard InChI is InChI=1S/C20H20N2O2/c1-14-16-11-12-18(23)19(16)21-13-17(14)22-20(24)15-9-7-5-3-2-4-6-8-10-15/h2-10,13,18,23H,11-12H2,1H3,(H,22,24). The first-order valence-electron chi connectivity index (χ1n) is 8.03. The fraction of sp³-hybridized carbons (Fsp3) is 0.200. The van der Waals surface area contributed by atoms with E-state index in [2.05, 4.69) is 10.3 Å². The number of fused-ring (bicyclic) bond motifs is 1. The molecule has 1 unspecified atom stereocenters. The van der Waals surface area contributed by atoms with Crippen molar-refractivity contribution < 1.29 is 9.90 Å². The first kappa shape index (κ1) is 16.1. The fourth-order valence-electron chi connectivity index (χ4n) is 2.85. The molecular weight excluding hydrogens is 300 g/mol. The van der Waals surface area contributed by atoms with Crippen LogP contribution < -0.4 is 5.32 Å². The van der Waals surface area contributed by atoms with E-state index in [4.69, 9.17) is 0 Å². The second-order valence-corrected chi connectivity index (χ2v) is 5.81. The van der Waals surface area contributed by atoms with E-state index in [-0.39, 0.29) is 5.91 Å². The van der Waals surface area contributed by atoms with E-state index >= 15 is 0 Å². The van der Waals surface area contributed by atoms with Crippen LogP contribution in [0.15, 0.2) is 60.8 Å².